The van der Waals surface area contributed by atoms with E-state index in [1.165, 1.54) is 5.69 Å². The first kappa shape index (κ1) is 18.0. The maximum Gasteiger partial charge on any atom is 0.239 e. The predicted molar refractivity (Wildman–Crippen MR) is 107 cm³/mol. The van der Waals surface area contributed by atoms with Gasteiger partial charge in [0.05, 0.1) is 13.2 Å². The number of rotatable bonds is 4. The van der Waals surface area contributed by atoms with E-state index in [4.69, 9.17) is 4.74 Å². The fourth-order valence-electron chi connectivity index (χ4n) is 4.28. The highest BCUT2D eigenvalue weighted by atomic mass is 16.5. The molecule has 1 unspecified atom stereocenters. The molecule has 0 spiro atoms. The van der Waals surface area contributed by atoms with Crippen LogP contribution < -0.4 is 9.64 Å². The number of para-hydroxylation sites is 1. The van der Waals surface area contributed by atoms with Gasteiger partial charge in [-0.15, -0.1) is 0 Å². The first-order valence-electron chi connectivity index (χ1n) is 9.88. The van der Waals surface area contributed by atoms with Gasteiger partial charge >= 0.3 is 0 Å². The molecule has 2 fully saturated rings. The molecule has 2 aliphatic rings. The van der Waals surface area contributed by atoms with Crippen molar-refractivity contribution in [1.82, 2.24) is 14.8 Å². The third kappa shape index (κ3) is 3.46. The summed E-state index contributed by atoms with van der Waals surface area (Å²) in [5, 5.41) is 1.12. The van der Waals surface area contributed by atoms with Crippen molar-refractivity contribution in [3.63, 3.8) is 0 Å². The van der Waals surface area contributed by atoms with Crippen molar-refractivity contribution in [2.45, 2.75) is 25.8 Å². The molecule has 0 aliphatic carbocycles. The highest BCUT2D eigenvalue weighted by Crippen LogP contribution is 2.31. The molecule has 6 heteroatoms. The van der Waals surface area contributed by atoms with Gasteiger partial charge in [-0.2, -0.15) is 0 Å². The second-order valence-electron chi connectivity index (χ2n) is 7.42. The zero-order valence-electron chi connectivity index (χ0n) is 16.2. The second kappa shape index (κ2) is 7.72. The van der Waals surface area contributed by atoms with E-state index in [0.717, 1.165) is 68.8 Å². The number of methoxy groups -OCH3 is 1. The van der Waals surface area contributed by atoms with E-state index in [1.54, 1.807) is 7.11 Å². The number of ether oxygens (including phenoxy) is 1. The van der Waals surface area contributed by atoms with Crippen molar-refractivity contribution < 1.29 is 9.53 Å². The molecule has 1 aromatic heterocycles. The average Bonchev–Trinajstić information content (AvgIpc) is 3.27. The number of amides is 1. The van der Waals surface area contributed by atoms with Gasteiger partial charge in [0.1, 0.15) is 11.3 Å². The van der Waals surface area contributed by atoms with Gasteiger partial charge in [-0.3, -0.25) is 14.7 Å². The van der Waals surface area contributed by atoms with Gasteiger partial charge in [-0.25, -0.2) is 0 Å². The number of piperazine rings is 1. The van der Waals surface area contributed by atoms with Crippen LogP contribution in [-0.2, 0) is 4.79 Å². The predicted octanol–water partition coefficient (Wildman–Crippen LogP) is 2.38. The lowest BCUT2D eigenvalue weighted by Gasteiger charge is -2.39. The molecule has 0 saturated carbocycles. The van der Waals surface area contributed by atoms with E-state index in [2.05, 4.69) is 33.8 Å². The topological polar surface area (TPSA) is 48.9 Å². The highest BCUT2D eigenvalue weighted by Gasteiger charge is 2.30. The van der Waals surface area contributed by atoms with Gasteiger partial charge < -0.3 is 14.5 Å². The van der Waals surface area contributed by atoms with Gasteiger partial charge in [0.15, 0.2) is 0 Å². The zero-order valence-corrected chi connectivity index (χ0v) is 16.2. The molecule has 0 bridgehead atoms. The Morgan fingerprint density at radius 3 is 2.52 bits per heavy atom. The maximum atomic E-state index is 12.7. The fourth-order valence-corrected chi connectivity index (χ4v) is 4.28. The number of carbonyl (C=O) groups excluding carboxylic acids is 1. The molecule has 27 heavy (non-hydrogen) atoms. The van der Waals surface area contributed by atoms with Gasteiger partial charge in [0.25, 0.3) is 0 Å². The Morgan fingerprint density at radius 2 is 1.81 bits per heavy atom. The number of hydrogen-bond donors (Lipinski definition) is 0. The third-order valence-electron chi connectivity index (χ3n) is 5.91. The molecule has 2 aliphatic heterocycles. The molecule has 6 nitrogen and oxygen atoms in total. The maximum absolute atomic E-state index is 12.7. The summed E-state index contributed by atoms with van der Waals surface area (Å²) in [6, 6.07) is 8.12. The molecule has 1 atom stereocenters. The summed E-state index contributed by atoms with van der Waals surface area (Å²) < 4.78 is 5.46. The van der Waals surface area contributed by atoms with Crippen LogP contribution in [0.5, 0.6) is 5.75 Å². The minimum absolute atomic E-state index is 0.0282. The smallest absolute Gasteiger partial charge is 0.239 e. The Morgan fingerprint density at radius 1 is 1.07 bits per heavy atom. The lowest BCUT2D eigenvalue weighted by Crippen LogP contribution is -2.54. The average molecular weight is 368 g/mol. The molecule has 2 saturated heterocycles. The molecule has 4 rings (SSSR count). The number of likely N-dealkylation sites (tertiary alicyclic amines) is 1. The summed E-state index contributed by atoms with van der Waals surface area (Å²) in [5.41, 5.74) is 2.09. The van der Waals surface area contributed by atoms with Crippen LogP contribution in [0.3, 0.4) is 0 Å². The minimum atomic E-state index is -0.0282. The number of benzene rings is 1. The van der Waals surface area contributed by atoms with Crippen LogP contribution in [0.4, 0.5) is 5.69 Å². The zero-order chi connectivity index (χ0) is 18.8. The van der Waals surface area contributed by atoms with Crippen molar-refractivity contribution in [1.29, 1.82) is 0 Å². The fraction of sp³-hybridized carbons (Fsp3) is 0.524. The molecule has 1 amide bonds. The Kier molecular flexibility index (Phi) is 5.16. The van der Waals surface area contributed by atoms with Crippen LogP contribution in [0.25, 0.3) is 10.9 Å². The number of anilines is 1. The molecular formula is C21H28N4O2. The third-order valence-corrected chi connectivity index (χ3v) is 5.91. The highest BCUT2D eigenvalue weighted by molar-refractivity contribution is 5.95. The summed E-state index contributed by atoms with van der Waals surface area (Å²) in [6.07, 6.45) is 4.14. The molecule has 0 N–H and O–H groups in total. The van der Waals surface area contributed by atoms with E-state index in [0.29, 0.717) is 5.91 Å². The summed E-state index contributed by atoms with van der Waals surface area (Å²) in [7, 11) is 1.68. The van der Waals surface area contributed by atoms with E-state index in [9.17, 15) is 4.79 Å². The quantitative estimate of drug-likeness (QED) is 0.829. The standard InChI is InChI=1S/C21H28N4O2/c1-16(21(26)25-10-3-4-11-25)23-12-14-24(15-13-23)18-8-9-22-20-17(18)6-5-7-19(20)27-2/h5-9,16H,3-4,10-15H2,1-2H3. The lowest BCUT2D eigenvalue weighted by molar-refractivity contribution is -0.135. The monoisotopic (exact) mass is 368 g/mol. The van der Waals surface area contributed by atoms with Crippen molar-refractivity contribution in [2.24, 2.45) is 0 Å². The molecule has 0 radical (unpaired) electrons. The van der Waals surface area contributed by atoms with Gasteiger partial charge in [0.2, 0.25) is 5.91 Å². The van der Waals surface area contributed by atoms with Gasteiger partial charge in [-0.1, -0.05) is 12.1 Å². The number of pyridine rings is 1. The van der Waals surface area contributed by atoms with Crippen LogP contribution in [0.1, 0.15) is 19.8 Å². The van der Waals surface area contributed by atoms with Crippen LogP contribution in [0.15, 0.2) is 30.5 Å². The molecule has 144 valence electrons. The number of fused-ring (bicyclic) bond motifs is 1. The van der Waals surface area contributed by atoms with Crippen molar-refractivity contribution in [2.75, 3.05) is 51.3 Å². The first-order valence-corrected chi connectivity index (χ1v) is 9.88. The van der Waals surface area contributed by atoms with E-state index in [-0.39, 0.29) is 6.04 Å². The number of carbonyl (C=O) groups is 1. The van der Waals surface area contributed by atoms with Crippen LogP contribution in [-0.4, -0.2) is 73.1 Å². The van der Waals surface area contributed by atoms with Crippen molar-refractivity contribution in [3.8, 4) is 5.75 Å². The first-order chi connectivity index (χ1) is 13.2. The SMILES string of the molecule is COc1cccc2c(N3CCN(C(C)C(=O)N4CCCC4)CC3)ccnc12. The van der Waals surface area contributed by atoms with Crippen LogP contribution in [0, 0.1) is 0 Å². The van der Waals surface area contributed by atoms with Crippen molar-refractivity contribution in [3.05, 3.63) is 30.5 Å². The number of aromatic nitrogens is 1. The molecule has 2 aromatic rings. The Labute approximate surface area is 160 Å². The normalized spacial score (nSPS) is 19.5. The van der Waals surface area contributed by atoms with Gasteiger partial charge in [-0.05, 0) is 31.9 Å². The van der Waals surface area contributed by atoms with Gasteiger partial charge in [0, 0.05) is 56.5 Å². The Bertz CT molecular complexity index is 811. The Balaban J connectivity index is 1.46. The molecule has 3 heterocycles. The van der Waals surface area contributed by atoms with Crippen LogP contribution >= 0.6 is 0 Å². The summed E-state index contributed by atoms with van der Waals surface area (Å²) >= 11 is 0. The second-order valence-corrected chi connectivity index (χ2v) is 7.42. The summed E-state index contributed by atoms with van der Waals surface area (Å²) in [4.78, 5) is 23.9. The minimum Gasteiger partial charge on any atom is -0.494 e. The van der Waals surface area contributed by atoms with Crippen LogP contribution in [0.2, 0.25) is 0 Å². The summed E-state index contributed by atoms with van der Waals surface area (Å²) in [5.74, 6) is 1.10. The Hall–Kier alpha value is -2.34. The van der Waals surface area contributed by atoms with E-state index < -0.39 is 0 Å². The molecular weight excluding hydrogens is 340 g/mol. The molecule has 1 aromatic carbocycles. The number of nitrogens with zero attached hydrogens (tertiary/aromatic N) is 4. The number of hydrogen-bond acceptors (Lipinski definition) is 5. The lowest BCUT2D eigenvalue weighted by atomic mass is 10.1. The van der Waals surface area contributed by atoms with E-state index >= 15 is 0 Å². The van der Waals surface area contributed by atoms with E-state index in [1.807, 2.05) is 23.2 Å². The van der Waals surface area contributed by atoms with Crippen molar-refractivity contribution >= 4 is 22.5 Å². The largest absolute Gasteiger partial charge is 0.494 e. The summed E-state index contributed by atoms with van der Waals surface area (Å²) in [6.45, 7) is 7.52.